The minimum Gasteiger partial charge on any atom is -0.426 e. The Morgan fingerprint density at radius 3 is 1.15 bits per heavy atom. The average molecular weight is 661 g/mol. The van der Waals surface area contributed by atoms with E-state index in [1.807, 2.05) is 0 Å². The topological polar surface area (TPSA) is 43.4 Å². The summed E-state index contributed by atoms with van der Waals surface area (Å²) in [6.07, 6.45) is -15.4. The van der Waals surface area contributed by atoms with Crippen molar-refractivity contribution < 1.29 is 96.6 Å². The van der Waals surface area contributed by atoms with Gasteiger partial charge in [-0.2, -0.15) is 83.4 Å². The molecule has 0 saturated carbocycles. The van der Waals surface area contributed by atoms with Gasteiger partial charge in [-0.05, 0) is 12.1 Å². The summed E-state index contributed by atoms with van der Waals surface area (Å²) in [6, 6.07) is 0.981. The van der Waals surface area contributed by atoms with Crippen LogP contribution in [0.25, 0.3) is 0 Å². The molecule has 228 valence electrons. The maximum absolute atomic E-state index is 13.9. The van der Waals surface area contributed by atoms with Crippen molar-refractivity contribution in [2.24, 2.45) is 0 Å². The second-order valence-electron chi connectivity index (χ2n) is 7.02. The van der Waals surface area contributed by atoms with Crippen LogP contribution in [0.3, 0.4) is 0 Å². The minimum atomic E-state index is -9.08. The third-order valence-corrected chi connectivity index (χ3v) is 5.80. The summed E-state index contributed by atoms with van der Waals surface area (Å²) < 4.78 is 278. The van der Waals surface area contributed by atoms with Crippen LogP contribution >= 0.6 is 10.7 Å². The van der Waals surface area contributed by atoms with Gasteiger partial charge in [0.25, 0.3) is 9.05 Å². The number of para-hydroxylation sites is 1. The standard InChI is InChI=1S/C15H4ClF19O3S/c16-39(36,37)6-4-2-1-3-5(6)38-15(34,35)13(29,30)11(25,26)9(21,22)7(17,18)8(19,20)10(23,24)12(27,28)14(31,32)33/h1-4H. The minimum absolute atomic E-state index is 0.113. The Balaban J connectivity index is 3.76. The first-order valence-electron chi connectivity index (χ1n) is 8.52. The highest BCUT2D eigenvalue weighted by molar-refractivity contribution is 8.13. The number of rotatable bonds is 10. The molecule has 24 heteroatoms. The monoisotopic (exact) mass is 660 g/mol. The third kappa shape index (κ3) is 4.89. The normalized spacial score (nSPS) is 15.9. The van der Waals surface area contributed by atoms with Gasteiger partial charge in [-0.3, -0.25) is 0 Å². The first-order valence-corrected chi connectivity index (χ1v) is 10.8. The summed E-state index contributed by atoms with van der Waals surface area (Å²) >= 11 is 0. The van der Waals surface area contributed by atoms with E-state index in [9.17, 15) is 91.8 Å². The van der Waals surface area contributed by atoms with Crippen molar-refractivity contribution in [3.8, 4) is 5.75 Å². The van der Waals surface area contributed by atoms with Crippen LogP contribution in [0.1, 0.15) is 0 Å². The molecule has 0 aromatic heterocycles. The lowest BCUT2D eigenvalue weighted by atomic mass is 9.88. The highest BCUT2D eigenvalue weighted by atomic mass is 35.7. The second-order valence-corrected chi connectivity index (χ2v) is 9.56. The van der Waals surface area contributed by atoms with Crippen molar-refractivity contribution in [1.82, 2.24) is 0 Å². The predicted molar refractivity (Wildman–Crippen MR) is 85.7 cm³/mol. The van der Waals surface area contributed by atoms with E-state index in [-0.39, 0.29) is 12.1 Å². The van der Waals surface area contributed by atoms with Gasteiger partial charge in [0.1, 0.15) is 10.6 Å². The first-order chi connectivity index (χ1) is 16.7. The molecule has 3 nitrogen and oxygen atoms in total. The summed E-state index contributed by atoms with van der Waals surface area (Å²) in [4.78, 5) is -1.80. The Bertz CT molecular complexity index is 1170. The number of hydrogen-bond donors (Lipinski definition) is 0. The van der Waals surface area contributed by atoms with E-state index in [0.29, 0.717) is 12.1 Å². The quantitative estimate of drug-likeness (QED) is 0.192. The predicted octanol–water partition coefficient (Wildman–Crippen LogP) is 7.60. The van der Waals surface area contributed by atoms with Crippen LogP contribution in [0.4, 0.5) is 83.4 Å². The lowest BCUT2D eigenvalue weighted by Crippen LogP contribution is -2.76. The first kappa shape index (κ1) is 35.0. The Morgan fingerprint density at radius 2 is 0.821 bits per heavy atom. The Morgan fingerprint density at radius 1 is 0.513 bits per heavy atom. The molecule has 1 aromatic carbocycles. The van der Waals surface area contributed by atoms with Crippen molar-refractivity contribution in [2.75, 3.05) is 0 Å². The maximum Gasteiger partial charge on any atom is 0.471 e. The zero-order valence-corrected chi connectivity index (χ0v) is 18.6. The van der Waals surface area contributed by atoms with E-state index in [1.54, 1.807) is 0 Å². The molecule has 39 heavy (non-hydrogen) atoms. The van der Waals surface area contributed by atoms with Gasteiger partial charge >= 0.3 is 53.7 Å². The van der Waals surface area contributed by atoms with E-state index in [1.165, 1.54) is 0 Å². The van der Waals surface area contributed by atoms with Crippen LogP contribution in [0, 0.1) is 0 Å². The lowest BCUT2D eigenvalue weighted by Gasteiger charge is -2.43. The molecule has 0 fully saturated rings. The molecule has 0 radical (unpaired) electrons. The molecule has 0 atom stereocenters. The van der Waals surface area contributed by atoms with Crippen LogP contribution < -0.4 is 4.74 Å². The zero-order chi connectivity index (χ0) is 31.7. The SMILES string of the molecule is O=S(=O)(Cl)c1ccccc1OC(F)(F)C(F)(F)C(F)(F)C(F)(F)C(F)(F)C(F)(F)C(F)(F)C(F)(F)C(F)(F)F. The molecule has 1 rings (SSSR count). The smallest absolute Gasteiger partial charge is 0.426 e. The van der Waals surface area contributed by atoms with Crippen LogP contribution in [0.2, 0.25) is 0 Å². The number of ether oxygens (including phenoxy) is 1. The Kier molecular flexibility index (Phi) is 8.27. The molecule has 0 aliphatic carbocycles. The fraction of sp³-hybridized carbons (Fsp3) is 0.600. The highest BCUT2D eigenvalue weighted by Crippen LogP contribution is 2.65. The summed E-state index contributed by atoms with van der Waals surface area (Å²) in [6.45, 7) is 0. The number of hydrogen-bond acceptors (Lipinski definition) is 3. The van der Waals surface area contributed by atoms with Gasteiger partial charge in [-0.25, -0.2) is 8.42 Å². The molecule has 0 heterocycles. The van der Waals surface area contributed by atoms with Gasteiger partial charge in [0, 0.05) is 10.7 Å². The van der Waals surface area contributed by atoms with Crippen LogP contribution in [-0.2, 0) is 9.05 Å². The zero-order valence-electron chi connectivity index (χ0n) is 17.0. The maximum atomic E-state index is 13.9. The van der Waals surface area contributed by atoms with Crippen LogP contribution in [0.5, 0.6) is 5.75 Å². The summed E-state index contributed by atoms with van der Waals surface area (Å²) in [5.74, 6) is -63.6. The van der Waals surface area contributed by atoms with Gasteiger partial charge in [0.15, 0.2) is 0 Å². The molecule has 0 bridgehead atoms. The molecule has 0 aliphatic rings. The fourth-order valence-corrected chi connectivity index (χ4v) is 3.26. The molecule has 0 N–H and O–H groups in total. The summed E-state index contributed by atoms with van der Waals surface area (Å²) in [7, 11) is -0.645. The molecular weight excluding hydrogens is 657 g/mol. The van der Waals surface area contributed by atoms with Crippen LogP contribution in [-0.4, -0.2) is 62.2 Å². The summed E-state index contributed by atoms with van der Waals surface area (Å²) in [5.41, 5.74) is 0. The van der Waals surface area contributed by atoms with E-state index in [4.69, 9.17) is 0 Å². The van der Waals surface area contributed by atoms with Crippen molar-refractivity contribution >= 4 is 19.7 Å². The van der Waals surface area contributed by atoms with Crippen molar-refractivity contribution in [2.45, 2.75) is 58.6 Å². The fourth-order valence-electron chi connectivity index (χ4n) is 2.28. The van der Waals surface area contributed by atoms with E-state index in [2.05, 4.69) is 15.4 Å². The molecular formula is C15H4ClF19O3S. The van der Waals surface area contributed by atoms with E-state index < -0.39 is 73.4 Å². The largest absolute Gasteiger partial charge is 0.471 e. The van der Waals surface area contributed by atoms with Crippen molar-refractivity contribution in [3.63, 3.8) is 0 Å². The van der Waals surface area contributed by atoms with Gasteiger partial charge < -0.3 is 4.74 Å². The van der Waals surface area contributed by atoms with Gasteiger partial charge in [-0.15, -0.1) is 0 Å². The van der Waals surface area contributed by atoms with Crippen LogP contribution in [0.15, 0.2) is 29.2 Å². The van der Waals surface area contributed by atoms with Crippen molar-refractivity contribution in [1.29, 1.82) is 0 Å². The van der Waals surface area contributed by atoms with Gasteiger partial charge in [-0.1, -0.05) is 12.1 Å². The van der Waals surface area contributed by atoms with Gasteiger partial charge in [0.2, 0.25) is 0 Å². The van der Waals surface area contributed by atoms with Gasteiger partial charge in [0.05, 0.1) is 0 Å². The Labute approximate surface area is 205 Å². The average Bonchev–Trinajstić information content (AvgIpc) is 2.71. The molecule has 0 aliphatic heterocycles. The molecule has 0 saturated heterocycles. The Hall–Kier alpha value is -2.07. The number of halogens is 20. The molecule has 0 spiro atoms. The lowest BCUT2D eigenvalue weighted by molar-refractivity contribution is -0.476. The number of benzene rings is 1. The van der Waals surface area contributed by atoms with E-state index >= 15 is 0 Å². The second kappa shape index (κ2) is 9.23. The molecule has 0 unspecified atom stereocenters. The summed E-state index contributed by atoms with van der Waals surface area (Å²) in [5, 5.41) is 0. The van der Waals surface area contributed by atoms with E-state index in [0.717, 1.165) is 0 Å². The highest BCUT2D eigenvalue weighted by Gasteiger charge is 2.97. The van der Waals surface area contributed by atoms with Crippen molar-refractivity contribution in [3.05, 3.63) is 24.3 Å². The molecule has 0 amide bonds. The number of alkyl halides is 19. The molecule has 1 aromatic rings. The third-order valence-electron chi connectivity index (χ3n) is 4.44.